The van der Waals surface area contributed by atoms with Crippen LogP contribution in [0, 0.1) is 0 Å². The van der Waals surface area contributed by atoms with Crippen molar-refractivity contribution in [1.82, 2.24) is 0 Å². The summed E-state index contributed by atoms with van der Waals surface area (Å²) in [7, 11) is -2.83. The lowest BCUT2D eigenvalue weighted by molar-refractivity contribution is 0.187. The highest BCUT2D eigenvalue weighted by Crippen LogP contribution is 2.57. The molecule has 0 aromatic heterocycles. The van der Waals surface area contributed by atoms with Crippen LogP contribution in [0.5, 0.6) is 0 Å². The Labute approximate surface area is 273 Å². The van der Waals surface area contributed by atoms with Crippen molar-refractivity contribution in [2.24, 2.45) is 0 Å². The van der Waals surface area contributed by atoms with Crippen LogP contribution >= 0.6 is 16.8 Å². The molecule has 0 radical (unpaired) electrons. The molecule has 0 N–H and O–H groups in total. The van der Waals surface area contributed by atoms with E-state index in [0.29, 0.717) is 0 Å². The Kier molecular flexibility index (Phi) is 7.99. The molecule has 6 aromatic rings. The average molecular weight is 643 g/mol. The van der Waals surface area contributed by atoms with Gasteiger partial charge in [0.05, 0.1) is 24.4 Å². The van der Waals surface area contributed by atoms with E-state index in [1.54, 1.807) is 0 Å². The molecule has 2 aliphatic rings. The van der Waals surface area contributed by atoms with Gasteiger partial charge < -0.3 is 18.1 Å². The van der Waals surface area contributed by atoms with Gasteiger partial charge in [0.25, 0.3) is 0 Å². The van der Waals surface area contributed by atoms with Gasteiger partial charge in [-0.25, -0.2) is 0 Å². The average Bonchev–Trinajstić information content (AvgIpc) is 3.61. The van der Waals surface area contributed by atoms with E-state index in [0.717, 1.165) is 54.8 Å². The molecule has 2 aliphatic heterocycles. The van der Waals surface area contributed by atoms with E-state index in [-0.39, 0.29) is 24.4 Å². The molecule has 0 spiro atoms. The first-order valence-corrected chi connectivity index (χ1v) is 18.3. The molecular formula is C40H36O4P2. The van der Waals surface area contributed by atoms with Gasteiger partial charge >= 0.3 is 0 Å². The summed E-state index contributed by atoms with van der Waals surface area (Å²) in [6.07, 6.45) is -0.0796. The molecule has 2 heterocycles. The van der Waals surface area contributed by atoms with Crippen molar-refractivity contribution >= 4 is 48.9 Å². The summed E-state index contributed by atoms with van der Waals surface area (Å²) in [6, 6.07) is 43.3. The van der Waals surface area contributed by atoms with Crippen LogP contribution in [0.15, 0.2) is 121 Å². The molecule has 2 saturated heterocycles. The Morgan fingerprint density at radius 3 is 1.11 bits per heavy atom. The van der Waals surface area contributed by atoms with Crippen molar-refractivity contribution in [3.05, 3.63) is 121 Å². The van der Waals surface area contributed by atoms with E-state index in [2.05, 4.69) is 149 Å². The van der Waals surface area contributed by atoms with Gasteiger partial charge in [-0.15, -0.1) is 0 Å². The maximum Gasteiger partial charge on any atom is 0.207 e. The van der Waals surface area contributed by atoms with Crippen molar-refractivity contribution in [3.8, 4) is 33.4 Å². The number of hydrogen-bond acceptors (Lipinski definition) is 4. The molecule has 0 bridgehead atoms. The Morgan fingerprint density at radius 1 is 0.413 bits per heavy atom. The molecule has 0 amide bonds. The van der Waals surface area contributed by atoms with Crippen LogP contribution in [0.25, 0.3) is 54.9 Å². The monoisotopic (exact) mass is 642 g/mol. The lowest BCUT2D eigenvalue weighted by Gasteiger charge is -2.27. The Morgan fingerprint density at radius 2 is 0.739 bits per heavy atom. The lowest BCUT2D eigenvalue weighted by atomic mass is 9.88. The van der Waals surface area contributed by atoms with Gasteiger partial charge in [-0.05, 0) is 83.6 Å². The topological polar surface area (TPSA) is 36.9 Å². The molecule has 6 aromatic carbocycles. The minimum absolute atomic E-state index is 0.0199. The third-order valence-electron chi connectivity index (χ3n) is 9.20. The van der Waals surface area contributed by atoms with E-state index in [1.165, 1.54) is 10.8 Å². The number of benzene rings is 6. The third-order valence-corrected chi connectivity index (χ3v) is 13.0. The summed E-state index contributed by atoms with van der Waals surface area (Å²) in [6.45, 7) is 8.44. The molecule has 0 unspecified atom stereocenters. The van der Waals surface area contributed by atoms with Gasteiger partial charge in [-0.2, -0.15) is 0 Å². The maximum atomic E-state index is 6.74. The summed E-state index contributed by atoms with van der Waals surface area (Å²) < 4.78 is 27.0. The van der Waals surface area contributed by atoms with Crippen molar-refractivity contribution in [1.29, 1.82) is 0 Å². The van der Waals surface area contributed by atoms with Crippen molar-refractivity contribution in [2.75, 3.05) is 0 Å². The van der Waals surface area contributed by atoms with Crippen LogP contribution in [0.1, 0.15) is 27.7 Å². The van der Waals surface area contributed by atoms with Crippen LogP contribution in [-0.2, 0) is 18.1 Å². The van der Waals surface area contributed by atoms with Gasteiger partial charge in [0.15, 0.2) is 0 Å². The van der Waals surface area contributed by atoms with Crippen LogP contribution in [0.4, 0.5) is 0 Å². The van der Waals surface area contributed by atoms with Crippen LogP contribution in [0.2, 0.25) is 0 Å². The van der Waals surface area contributed by atoms with Crippen molar-refractivity contribution in [3.63, 3.8) is 0 Å². The number of hydrogen-bond donors (Lipinski definition) is 0. The first-order chi connectivity index (χ1) is 22.5. The van der Waals surface area contributed by atoms with Gasteiger partial charge in [-0.1, -0.05) is 109 Å². The minimum Gasteiger partial charge on any atom is -0.325 e. The second-order valence-corrected chi connectivity index (χ2v) is 15.0. The standard InChI is InChI=1S/C40H36O4P2/c1-25-26(2)42-45(41-25)39-35(29-15-7-5-8-16-29)23-31-19-11-13-21-33(31)37(39)38-34-22-14-12-20-32(34)24-36(30-17-9-6-10-18-30)40(38)46-43-27(3)28(4)44-46/h5-28H,1-4H3/t25-,26-,27-,28-/m0/s1. The molecule has 8 rings (SSSR count). The second kappa shape index (κ2) is 12.3. The van der Waals surface area contributed by atoms with E-state index >= 15 is 0 Å². The van der Waals surface area contributed by atoms with Crippen LogP contribution in [0.3, 0.4) is 0 Å². The van der Waals surface area contributed by atoms with E-state index in [4.69, 9.17) is 18.1 Å². The van der Waals surface area contributed by atoms with E-state index < -0.39 is 16.8 Å². The van der Waals surface area contributed by atoms with Crippen LogP contribution in [-0.4, -0.2) is 24.4 Å². The highest BCUT2D eigenvalue weighted by molar-refractivity contribution is 7.58. The smallest absolute Gasteiger partial charge is 0.207 e. The Hall–Kier alpha value is -3.46. The fourth-order valence-corrected chi connectivity index (χ4v) is 10.5. The quantitative estimate of drug-likeness (QED) is 0.175. The van der Waals surface area contributed by atoms with Gasteiger partial charge in [0, 0.05) is 21.7 Å². The molecule has 230 valence electrons. The van der Waals surface area contributed by atoms with E-state index in [9.17, 15) is 0 Å². The largest absolute Gasteiger partial charge is 0.325 e. The molecular weight excluding hydrogens is 606 g/mol. The first kappa shape index (κ1) is 29.9. The molecule has 2 fully saturated rings. The number of rotatable bonds is 5. The third kappa shape index (κ3) is 5.19. The fraction of sp³-hybridized carbons (Fsp3) is 0.200. The number of fused-ring (bicyclic) bond motifs is 2. The van der Waals surface area contributed by atoms with Crippen molar-refractivity contribution in [2.45, 2.75) is 52.1 Å². The van der Waals surface area contributed by atoms with Gasteiger partial charge in [-0.3, -0.25) is 0 Å². The highest BCUT2D eigenvalue weighted by atomic mass is 31.2. The zero-order valence-corrected chi connectivity index (χ0v) is 28.2. The molecule has 6 heteroatoms. The zero-order valence-electron chi connectivity index (χ0n) is 26.4. The predicted octanol–water partition coefficient (Wildman–Crippen LogP) is 10.5. The molecule has 4 atom stereocenters. The lowest BCUT2D eigenvalue weighted by Crippen LogP contribution is -2.18. The normalized spacial score (nSPS) is 22.3. The minimum atomic E-state index is -1.42. The first-order valence-electron chi connectivity index (χ1n) is 16.0. The van der Waals surface area contributed by atoms with Gasteiger partial charge in [0.1, 0.15) is 0 Å². The summed E-state index contributed by atoms with van der Waals surface area (Å²) in [4.78, 5) is 0. The Balaban J connectivity index is 1.57. The highest BCUT2D eigenvalue weighted by Gasteiger charge is 2.40. The summed E-state index contributed by atoms with van der Waals surface area (Å²) >= 11 is 0. The predicted molar refractivity (Wildman–Crippen MR) is 193 cm³/mol. The maximum absolute atomic E-state index is 6.74. The second-order valence-electron chi connectivity index (χ2n) is 12.2. The van der Waals surface area contributed by atoms with Gasteiger partial charge in [0.2, 0.25) is 16.8 Å². The SMILES string of the molecule is C[C@@H]1OP(c2c(-c3ccccc3)cc3ccccc3c2-c2c(P3O[C@@H](C)[C@H](C)O3)c(-c3ccccc3)cc3ccccc23)O[C@H]1C. The van der Waals surface area contributed by atoms with Crippen molar-refractivity contribution < 1.29 is 18.1 Å². The zero-order chi connectivity index (χ0) is 31.4. The van der Waals surface area contributed by atoms with Crippen LogP contribution < -0.4 is 10.6 Å². The Bertz CT molecular complexity index is 1880. The summed E-state index contributed by atoms with van der Waals surface area (Å²) in [5, 5.41) is 6.85. The van der Waals surface area contributed by atoms with E-state index in [1.807, 2.05) is 0 Å². The molecule has 4 nitrogen and oxygen atoms in total. The summed E-state index contributed by atoms with van der Waals surface area (Å²) in [5.41, 5.74) is 6.80. The summed E-state index contributed by atoms with van der Waals surface area (Å²) in [5.74, 6) is 0. The molecule has 0 saturated carbocycles. The molecule has 46 heavy (non-hydrogen) atoms. The fourth-order valence-electron chi connectivity index (χ4n) is 6.44. The molecule has 0 aliphatic carbocycles.